The highest BCUT2D eigenvalue weighted by molar-refractivity contribution is 9.09. The number of rotatable bonds is 5. The van der Waals surface area contributed by atoms with Crippen LogP contribution >= 0.6 is 27.3 Å². The Morgan fingerprint density at radius 2 is 2.22 bits per heavy atom. The Bertz CT molecular complexity index is 479. The van der Waals surface area contributed by atoms with Gasteiger partial charge in [-0.05, 0) is 31.9 Å². The third-order valence-corrected chi connectivity index (χ3v) is 4.68. The Morgan fingerprint density at radius 1 is 1.56 bits per heavy atom. The molecule has 1 atom stereocenters. The lowest BCUT2D eigenvalue weighted by Crippen LogP contribution is -2.42. The van der Waals surface area contributed by atoms with E-state index in [1.807, 2.05) is 0 Å². The van der Waals surface area contributed by atoms with Gasteiger partial charge in [0.1, 0.15) is 0 Å². The van der Waals surface area contributed by atoms with Crippen LogP contribution in [-0.2, 0) is 10.4 Å². The molecule has 1 aromatic rings. The summed E-state index contributed by atoms with van der Waals surface area (Å²) < 4.78 is 0. The molecule has 0 radical (unpaired) electrons. The summed E-state index contributed by atoms with van der Waals surface area (Å²) in [5.41, 5.74) is -1.57. The highest BCUT2D eigenvalue weighted by atomic mass is 79.9. The Hall–Kier alpha value is -0.720. The van der Waals surface area contributed by atoms with Gasteiger partial charge in [0.25, 0.3) is 5.91 Å². The summed E-state index contributed by atoms with van der Waals surface area (Å²) in [5, 5.41) is 13.3. The average Bonchev–Trinajstić information content (AvgIpc) is 3.00. The van der Waals surface area contributed by atoms with E-state index in [0.29, 0.717) is 9.75 Å². The number of hydrogen-bond donors (Lipinski definition) is 2. The van der Waals surface area contributed by atoms with E-state index >= 15 is 0 Å². The summed E-state index contributed by atoms with van der Waals surface area (Å²) in [5.74, 6) is -0.450. The zero-order chi connectivity index (χ0) is 13.3. The summed E-state index contributed by atoms with van der Waals surface area (Å²) >= 11 is 4.25. The fourth-order valence-corrected chi connectivity index (χ4v) is 2.95. The molecule has 1 aliphatic carbocycles. The standard InChI is InChI=1S/C12H14BrNO3S/c1-12(17,11(16)14-7-2-3-7)10-5-4-9(18-10)8(15)6-13/h4-5,7,17H,2-3,6H2,1H3,(H,14,16)/t12-/m1/s1. The maximum absolute atomic E-state index is 11.9. The van der Waals surface area contributed by atoms with Crippen molar-refractivity contribution in [2.45, 2.75) is 31.4 Å². The molecule has 0 bridgehead atoms. The van der Waals surface area contributed by atoms with Crippen LogP contribution < -0.4 is 5.32 Å². The zero-order valence-electron chi connectivity index (χ0n) is 9.90. The van der Waals surface area contributed by atoms with Crippen molar-refractivity contribution in [2.24, 2.45) is 0 Å². The van der Waals surface area contributed by atoms with E-state index in [4.69, 9.17) is 0 Å². The van der Waals surface area contributed by atoms with Gasteiger partial charge in [-0.3, -0.25) is 9.59 Å². The van der Waals surface area contributed by atoms with Crippen molar-refractivity contribution in [3.8, 4) is 0 Å². The molecular formula is C12H14BrNO3S. The lowest BCUT2D eigenvalue weighted by Gasteiger charge is -2.20. The minimum absolute atomic E-state index is 0.0512. The second-order valence-electron chi connectivity index (χ2n) is 4.54. The fourth-order valence-electron chi connectivity index (χ4n) is 1.48. The summed E-state index contributed by atoms with van der Waals surface area (Å²) in [7, 11) is 0. The van der Waals surface area contributed by atoms with Gasteiger partial charge in [0.15, 0.2) is 11.4 Å². The van der Waals surface area contributed by atoms with Crippen LogP contribution in [0.5, 0.6) is 0 Å². The van der Waals surface area contributed by atoms with Crippen molar-refractivity contribution in [1.29, 1.82) is 0 Å². The molecule has 2 rings (SSSR count). The molecule has 4 nitrogen and oxygen atoms in total. The predicted molar refractivity (Wildman–Crippen MR) is 73.2 cm³/mol. The van der Waals surface area contributed by atoms with Gasteiger partial charge >= 0.3 is 0 Å². The third-order valence-electron chi connectivity index (χ3n) is 2.84. The summed E-state index contributed by atoms with van der Waals surface area (Å²) in [6, 6.07) is 3.47. The number of thiophene rings is 1. The number of carbonyl (C=O) groups excluding carboxylic acids is 2. The maximum Gasteiger partial charge on any atom is 0.257 e. The largest absolute Gasteiger partial charge is 0.375 e. The Morgan fingerprint density at radius 3 is 2.78 bits per heavy atom. The van der Waals surface area contributed by atoms with E-state index < -0.39 is 11.5 Å². The normalized spacial score (nSPS) is 18.2. The fraction of sp³-hybridized carbons (Fsp3) is 0.500. The van der Waals surface area contributed by atoms with Gasteiger partial charge in [-0.15, -0.1) is 11.3 Å². The third kappa shape index (κ3) is 2.81. The average molecular weight is 332 g/mol. The number of amides is 1. The van der Waals surface area contributed by atoms with Gasteiger partial charge < -0.3 is 10.4 Å². The van der Waals surface area contributed by atoms with Crippen molar-refractivity contribution < 1.29 is 14.7 Å². The van der Waals surface area contributed by atoms with E-state index in [-0.39, 0.29) is 17.2 Å². The molecule has 2 N–H and O–H groups in total. The number of ketones is 1. The molecule has 98 valence electrons. The molecule has 6 heteroatoms. The van der Waals surface area contributed by atoms with Crippen LogP contribution in [0, 0.1) is 0 Å². The molecule has 1 aromatic heterocycles. The van der Waals surface area contributed by atoms with Gasteiger partial charge in [-0.1, -0.05) is 15.9 Å². The van der Waals surface area contributed by atoms with Crippen LogP contribution in [0.4, 0.5) is 0 Å². The van der Waals surface area contributed by atoms with Crippen molar-refractivity contribution in [1.82, 2.24) is 5.32 Å². The number of Topliss-reactive ketones (excluding diaryl/α,β-unsaturated/α-hetero) is 1. The first kappa shape index (κ1) is 13.7. The van der Waals surface area contributed by atoms with Crippen molar-refractivity contribution in [2.75, 3.05) is 5.33 Å². The number of hydrogen-bond acceptors (Lipinski definition) is 4. The first-order valence-electron chi connectivity index (χ1n) is 5.68. The monoisotopic (exact) mass is 331 g/mol. The van der Waals surface area contributed by atoms with Crippen LogP contribution in [0.25, 0.3) is 0 Å². The first-order chi connectivity index (χ1) is 8.45. The smallest absolute Gasteiger partial charge is 0.257 e. The molecule has 1 fully saturated rings. The number of nitrogens with one attached hydrogen (secondary N) is 1. The van der Waals surface area contributed by atoms with E-state index in [2.05, 4.69) is 21.2 Å². The first-order valence-corrected chi connectivity index (χ1v) is 7.61. The van der Waals surface area contributed by atoms with Gasteiger partial charge in [-0.25, -0.2) is 0 Å². The quantitative estimate of drug-likeness (QED) is 0.638. The van der Waals surface area contributed by atoms with E-state index in [9.17, 15) is 14.7 Å². The Labute approximate surface area is 118 Å². The molecule has 0 aromatic carbocycles. The van der Waals surface area contributed by atoms with Gasteiger partial charge in [-0.2, -0.15) is 0 Å². The number of carbonyl (C=O) groups is 2. The molecule has 0 unspecified atom stereocenters. The SMILES string of the molecule is C[C@](O)(C(=O)NC1CC1)c1ccc(C(=O)CBr)s1. The molecule has 0 saturated heterocycles. The van der Waals surface area contributed by atoms with Crippen LogP contribution in [0.2, 0.25) is 0 Å². The molecule has 1 amide bonds. The van der Waals surface area contributed by atoms with Crippen LogP contribution in [0.1, 0.15) is 34.3 Å². The molecule has 0 aliphatic heterocycles. The minimum atomic E-state index is -1.57. The van der Waals surface area contributed by atoms with Crippen LogP contribution in [-0.4, -0.2) is 28.2 Å². The maximum atomic E-state index is 11.9. The number of halogens is 1. The molecule has 1 saturated carbocycles. The highest BCUT2D eigenvalue weighted by Gasteiger charge is 2.37. The topological polar surface area (TPSA) is 66.4 Å². The molecule has 1 heterocycles. The highest BCUT2D eigenvalue weighted by Crippen LogP contribution is 2.30. The lowest BCUT2D eigenvalue weighted by molar-refractivity contribution is -0.138. The van der Waals surface area contributed by atoms with Crippen LogP contribution in [0.15, 0.2) is 12.1 Å². The Balaban J connectivity index is 2.15. The van der Waals surface area contributed by atoms with Crippen LogP contribution in [0.3, 0.4) is 0 Å². The van der Waals surface area contributed by atoms with Gasteiger partial charge in [0, 0.05) is 10.9 Å². The van der Waals surface area contributed by atoms with Crippen molar-refractivity contribution in [3.05, 3.63) is 21.9 Å². The lowest BCUT2D eigenvalue weighted by atomic mass is 10.0. The molecule has 18 heavy (non-hydrogen) atoms. The molecule has 1 aliphatic rings. The predicted octanol–water partition coefficient (Wildman–Crippen LogP) is 1.81. The summed E-state index contributed by atoms with van der Waals surface area (Å²) in [6.07, 6.45) is 1.94. The summed E-state index contributed by atoms with van der Waals surface area (Å²) in [4.78, 5) is 24.4. The van der Waals surface area contributed by atoms with Crippen molar-refractivity contribution >= 4 is 39.0 Å². The second kappa shape index (κ2) is 5.11. The van der Waals surface area contributed by atoms with Gasteiger partial charge in [0.2, 0.25) is 0 Å². The number of alkyl halides is 1. The van der Waals surface area contributed by atoms with E-state index in [0.717, 1.165) is 24.2 Å². The summed E-state index contributed by atoms with van der Waals surface area (Å²) in [6.45, 7) is 1.46. The molecular weight excluding hydrogens is 318 g/mol. The van der Waals surface area contributed by atoms with Gasteiger partial charge in [0.05, 0.1) is 10.2 Å². The Kier molecular flexibility index (Phi) is 3.89. The van der Waals surface area contributed by atoms with E-state index in [1.165, 1.54) is 6.92 Å². The minimum Gasteiger partial charge on any atom is -0.375 e. The number of aliphatic hydroxyl groups is 1. The zero-order valence-corrected chi connectivity index (χ0v) is 12.3. The second-order valence-corrected chi connectivity index (χ2v) is 6.19. The molecule has 0 spiro atoms. The van der Waals surface area contributed by atoms with E-state index in [1.54, 1.807) is 12.1 Å². The van der Waals surface area contributed by atoms with Crippen molar-refractivity contribution in [3.63, 3.8) is 0 Å².